The zero-order valence-corrected chi connectivity index (χ0v) is 13.1. The molecule has 0 spiro atoms. The van der Waals surface area contributed by atoms with Crippen molar-refractivity contribution < 1.29 is 19.0 Å². The van der Waals surface area contributed by atoms with Gasteiger partial charge >= 0.3 is 0 Å². The summed E-state index contributed by atoms with van der Waals surface area (Å²) >= 11 is 0. The fourth-order valence-electron chi connectivity index (χ4n) is 2.53. The molecule has 1 heterocycles. The van der Waals surface area contributed by atoms with Gasteiger partial charge in [0, 0.05) is 18.4 Å². The van der Waals surface area contributed by atoms with Gasteiger partial charge < -0.3 is 19.5 Å². The van der Waals surface area contributed by atoms with Gasteiger partial charge in [-0.3, -0.25) is 4.79 Å². The van der Waals surface area contributed by atoms with E-state index in [0.29, 0.717) is 23.8 Å². The van der Waals surface area contributed by atoms with Crippen LogP contribution in [0.2, 0.25) is 0 Å². The average molecular weight is 313 g/mol. The average Bonchev–Trinajstić information content (AvgIpc) is 2.56. The molecule has 0 fully saturated rings. The molecule has 0 unspecified atom stereocenters. The van der Waals surface area contributed by atoms with Gasteiger partial charge in [-0.25, -0.2) is 0 Å². The first-order valence-corrected chi connectivity index (χ1v) is 7.49. The lowest BCUT2D eigenvalue weighted by Gasteiger charge is -2.31. The number of anilines is 1. The minimum absolute atomic E-state index is 0.240. The summed E-state index contributed by atoms with van der Waals surface area (Å²) in [5, 5.41) is 2.90. The number of rotatable bonds is 4. The van der Waals surface area contributed by atoms with Crippen LogP contribution in [-0.2, 0) is 16.1 Å². The first-order valence-electron chi connectivity index (χ1n) is 7.49. The molecule has 0 aliphatic carbocycles. The van der Waals surface area contributed by atoms with Crippen LogP contribution in [-0.4, -0.2) is 25.2 Å². The Balaban J connectivity index is 1.76. The standard InChI is InChI=1S/C18H19NO4/c1-12-17(23-16-10-6-5-9-15(16)22-12)18(20)19-14-8-4-3-7-13(14)11-21-2/h3-10,12,17H,11H2,1-2H3,(H,19,20)/t12-,17+/m1/s1. The normalized spacial score (nSPS) is 19.2. The maximum Gasteiger partial charge on any atom is 0.269 e. The molecule has 0 saturated carbocycles. The molecule has 1 aliphatic rings. The third-order valence-electron chi connectivity index (χ3n) is 3.68. The third kappa shape index (κ3) is 3.29. The van der Waals surface area contributed by atoms with E-state index < -0.39 is 6.10 Å². The number of ether oxygens (including phenoxy) is 3. The summed E-state index contributed by atoms with van der Waals surface area (Å²) in [5.41, 5.74) is 1.63. The fraction of sp³-hybridized carbons (Fsp3) is 0.278. The third-order valence-corrected chi connectivity index (χ3v) is 3.68. The Morgan fingerprint density at radius 2 is 1.74 bits per heavy atom. The van der Waals surface area contributed by atoms with Gasteiger partial charge in [-0.1, -0.05) is 30.3 Å². The number of benzene rings is 2. The highest BCUT2D eigenvalue weighted by Gasteiger charge is 2.34. The number of methoxy groups -OCH3 is 1. The van der Waals surface area contributed by atoms with Gasteiger partial charge in [-0.05, 0) is 25.1 Å². The molecular weight excluding hydrogens is 294 g/mol. The van der Waals surface area contributed by atoms with Gasteiger partial charge in [0.05, 0.1) is 6.61 Å². The summed E-state index contributed by atoms with van der Waals surface area (Å²) in [4.78, 5) is 12.6. The molecule has 23 heavy (non-hydrogen) atoms. The second-order valence-electron chi connectivity index (χ2n) is 5.39. The summed E-state index contributed by atoms with van der Waals surface area (Å²) in [7, 11) is 1.62. The van der Waals surface area contributed by atoms with Gasteiger partial charge in [0.25, 0.3) is 5.91 Å². The minimum Gasteiger partial charge on any atom is -0.482 e. The molecule has 0 bridgehead atoms. The van der Waals surface area contributed by atoms with Crippen molar-refractivity contribution in [3.05, 3.63) is 54.1 Å². The molecule has 1 amide bonds. The molecule has 1 aliphatic heterocycles. The zero-order valence-electron chi connectivity index (χ0n) is 13.1. The van der Waals surface area contributed by atoms with Crippen molar-refractivity contribution in [1.29, 1.82) is 0 Å². The predicted octanol–water partition coefficient (Wildman–Crippen LogP) is 3.00. The van der Waals surface area contributed by atoms with E-state index in [2.05, 4.69) is 5.32 Å². The van der Waals surface area contributed by atoms with Gasteiger partial charge in [0.15, 0.2) is 11.5 Å². The van der Waals surface area contributed by atoms with E-state index >= 15 is 0 Å². The van der Waals surface area contributed by atoms with Crippen LogP contribution in [0.3, 0.4) is 0 Å². The first kappa shape index (κ1) is 15.4. The molecule has 2 aromatic rings. The van der Waals surface area contributed by atoms with Crippen LogP contribution in [0.5, 0.6) is 11.5 Å². The summed E-state index contributed by atoms with van der Waals surface area (Å²) in [5.74, 6) is 0.996. The molecule has 1 N–H and O–H groups in total. The molecular formula is C18H19NO4. The minimum atomic E-state index is -0.708. The summed E-state index contributed by atoms with van der Waals surface area (Å²) in [6.45, 7) is 2.25. The number of fused-ring (bicyclic) bond motifs is 1. The molecule has 0 aromatic heterocycles. The molecule has 2 atom stereocenters. The number of carbonyl (C=O) groups excluding carboxylic acids is 1. The largest absolute Gasteiger partial charge is 0.482 e. The van der Waals surface area contributed by atoms with Gasteiger partial charge in [-0.2, -0.15) is 0 Å². The Morgan fingerprint density at radius 3 is 2.48 bits per heavy atom. The Labute approximate surface area is 135 Å². The quantitative estimate of drug-likeness (QED) is 0.943. The molecule has 0 saturated heterocycles. The zero-order chi connectivity index (χ0) is 16.2. The van der Waals surface area contributed by atoms with E-state index in [1.54, 1.807) is 13.2 Å². The second kappa shape index (κ2) is 6.71. The van der Waals surface area contributed by atoms with Crippen LogP contribution in [0.4, 0.5) is 5.69 Å². The fourth-order valence-corrected chi connectivity index (χ4v) is 2.53. The number of para-hydroxylation sites is 3. The topological polar surface area (TPSA) is 56.8 Å². The van der Waals surface area contributed by atoms with Crippen molar-refractivity contribution in [2.45, 2.75) is 25.7 Å². The number of carbonyl (C=O) groups is 1. The maximum absolute atomic E-state index is 12.6. The molecule has 5 heteroatoms. The summed E-state index contributed by atoms with van der Waals surface area (Å²) in [6, 6.07) is 14.9. The SMILES string of the molecule is COCc1ccccc1NC(=O)[C@H]1Oc2ccccc2O[C@@H]1C. The van der Waals surface area contributed by atoms with E-state index in [1.807, 2.05) is 49.4 Å². The highest BCUT2D eigenvalue weighted by molar-refractivity contribution is 5.95. The Bertz CT molecular complexity index is 701. The second-order valence-corrected chi connectivity index (χ2v) is 5.39. The lowest BCUT2D eigenvalue weighted by Crippen LogP contribution is -2.46. The van der Waals surface area contributed by atoms with Crippen molar-refractivity contribution in [1.82, 2.24) is 0 Å². The predicted molar refractivity (Wildman–Crippen MR) is 86.7 cm³/mol. The highest BCUT2D eigenvalue weighted by atomic mass is 16.6. The lowest BCUT2D eigenvalue weighted by molar-refractivity contribution is -0.128. The lowest BCUT2D eigenvalue weighted by atomic mass is 10.1. The smallest absolute Gasteiger partial charge is 0.269 e. The Hall–Kier alpha value is -2.53. The molecule has 3 rings (SSSR count). The van der Waals surface area contributed by atoms with Crippen molar-refractivity contribution in [2.24, 2.45) is 0 Å². The Kier molecular flexibility index (Phi) is 4.48. The van der Waals surface area contributed by atoms with Crippen molar-refractivity contribution in [2.75, 3.05) is 12.4 Å². The van der Waals surface area contributed by atoms with Crippen molar-refractivity contribution in [3.8, 4) is 11.5 Å². The first-order chi connectivity index (χ1) is 11.2. The van der Waals surface area contributed by atoms with Crippen molar-refractivity contribution >= 4 is 11.6 Å². The summed E-state index contributed by atoms with van der Waals surface area (Å²) in [6.07, 6.45) is -1.08. The monoisotopic (exact) mass is 313 g/mol. The van der Waals surface area contributed by atoms with E-state index in [9.17, 15) is 4.79 Å². The maximum atomic E-state index is 12.6. The molecule has 120 valence electrons. The highest BCUT2D eigenvalue weighted by Crippen LogP contribution is 2.33. The van der Waals surface area contributed by atoms with Crippen LogP contribution in [0.25, 0.3) is 0 Å². The van der Waals surface area contributed by atoms with E-state index in [1.165, 1.54) is 0 Å². The Morgan fingerprint density at radius 1 is 1.09 bits per heavy atom. The van der Waals surface area contributed by atoms with Crippen LogP contribution >= 0.6 is 0 Å². The molecule has 0 radical (unpaired) electrons. The molecule has 5 nitrogen and oxygen atoms in total. The van der Waals surface area contributed by atoms with Crippen molar-refractivity contribution in [3.63, 3.8) is 0 Å². The van der Waals surface area contributed by atoms with Gasteiger partial charge in [0.1, 0.15) is 6.10 Å². The van der Waals surface area contributed by atoms with E-state index in [4.69, 9.17) is 14.2 Å². The van der Waals surface area contributed by atoms with Crippen LogP contribution in [0.15, 0.2) is 48.5 Å². The van der Waals surface area contributed by atoms with Crippen LogP contribution < -0.4 is 14.8 Å². The van der Waals surface area contributed by atoms with Gasteiger partial charge in [-0.15, -0.1) is 0 Å². The van der Waals surface area contributed by atoms with Crippen LogP contribution in [0.1, 0.15) is 12.5 Å². The number of hydrogen-bond donors (Lipinski definition) is 1. The van der Waals surface area contributed by atoms with Crippen LogP contribution in [0, 0.1) is 0 Å². The number of hydrogen-bond acceptors (Lipinski definition) is 4. The molecule has 2 aromatic carbocycles. The van der Waals surface area contributed by atoms with E-state index in [-0.39, 0.29) is 12.0 Å². The van der Waals surface area contributed by atoms with E-state index in [0.717, 1.165) is 5.56 Å². The number of amides is 1. The number of nitrogens with one attached hydrogen (secondary N) is 1. The van der Waals surface area contributed by atoms with Gasteiger partial charge in [0.2, 0.25) is 6.10 Å². The summed E-state index contributed by atoms with van der Waals surface area (Å²) < 4.78 is 16.7.